The molecule has 3 rings (SSSR count). The van der Waals surface area contributed by atoms with Crippen LogP contribution in [-0.2, 0) is 11.3 Å². The molecule has 1 amide bonds. The van der Waals surface area contributed by atoms with Crippen molar-refractivity contribution in [3.8, 4) is 6.07 Å². The quantitative estimate of drug-likeness (QED) is 0.823. The number of nitriles is 1. The minimum Gasteiger partial charge on any atom is -0.372 e. The Hall–Kier alpha value is -2.85. The van der Waals surface area contributed by atoms with Crippen LogP contribution in [0.15, 0.2) is 29.1 Å². The normalized spacial score (nSPS) is 15.5. The maximum atomic E-state index is 12.8. The van der Waals surface area contributed by atoms with Crippen LogP contribution in [0.3, 0.4) is 0 Å². The highest BCUT2D eigenvalue weighted by Gasteiger charge is 2.15. The molecule has 1 aromatic carbocycles. The minimum absolute atomic E-state index is 0.0187. The van der Waals surface area contributed by atoms with Gasteiger partial charge in [0.2, 0.25) is 0 Å². The van der Waals surface area contributed by atoms with Gasteiger partial charge in [-0.25, -0.2) is 0 Å². The zero-order chi connectivity index (χ0) is 20.1. The molecular weight excluding hydrogens is 372 g/mol. The number of rotatable bonds is 5. The number of hydrogen-bond donors (Lipinski definition) is 1. The lowest BCUT2D eigenvalue weighted by molar-refractivity contribution is -0.115. The summed E-state index contributed by atoms with van der Waals surface area (Å²) in [6, 6.07) is 10.1. The molecule has 1 N–H and O–H groups in total. The first kappa shape index (κ1) is 19.9. The maximum Gasteiger partial charge on any atom is 0.269 e. The van der Waals surface area contributed by atoms with Gasteiger partial charge in [-0.2, -0.15) is 5.26 Å². The highest BCUT2D eigenvalue weighted by molar-refractivity contribution is 7.07. The van der Waals surface area contributed by atoms with E-state index >= 15 is 0 Å². The van der Waals surface area contributed by atoms with E-state index < -0.39 is 5.91 Å². The molecule has 1 aliphatic heterocycles. The molecule has 0 atom stereocenters. The third-order valence-electron chi connectivity index (χ3n) is 4.78. The Balaban J connectivity index is 2.05. The summed E-state index contributed by atoms with van der Waals surface area (Å²) in [7, 11) is 0. The Morgan fingerprint density at radius 1 is 1.25 bits per heavy atom. The Morgan fingerprint density at radius 2 is 1.93 bits per heavy atom. The van der Waals surface area contributed by atoms with Crippen LogP contribution >= 0.6 is 11.3 Å². The van der Waals surface area contributed by atoms with Gasteiger partial charge in [0.1, 0.15) is 10.7 Å². The predicted octanol–water partition coefficient (Wildman–Crippen LogP) is 1.17. The lowest BCUT2D eigenvalue weighted by atomic mass is 10.2. The number of anilines is 1. The van der Waals surface area contributed by atoms with Crippen LogP contribution in [0, 0.1) is 11.3 Å². The van der Waals surface area contributed by atoms with Gasteiger partial charge in [0.05, 0.1) is 4.53 Å². The van der Waals surface area contributed by atoms with E-state index in [9.17, 15) is 14.9 Å². The molecule has 0 radical (unpaired) electrons. The topological polar surface area (TPSA) is 78.1 Å². The number of hydrogen-bond acceptors (Lipinski definition) is 5. The first-order valence-corrected chi connectivity index (χ1v) is 10.4. The zero-order valence-corrected chi connectivity index (χ0v) is 17.0. The Bertz CT molecular complexity index is 1070. The number of nitrogens with one attached hydrogen (secondary N) is 1. The molecule has 2 heterocycles. The fourth-order valence-corrected chi connectivity index (χ4v) is 4.51. The van der Waals surface area contributed by atoms with Crippen molar-refractivity contribution < 1.29 is 4.79 Å². The molecule has 1 fully saturated rings. The smallest absolute Gasteiger partial charge is 0.269 e. The van der Waals surface area contributed by atoms with Gasteiger partial charge in [0, 0.05) is 31.9 Å². The Labute approximate surface area is 168 Å². The van der Waals surface area contributed by atoms with E-state index in [0.717, 1.165) is 18.7 Å². The predicted molar refractivity (Wildman–Crippen MR) is 113 cm³/mol. The van der Waals surface area contributed by atoms with Crippen LogP contribution in [0.2, 0.25) is 0 Å². The molecule has 1 aliphatic rings. The van der Waals surface area contributed by atoms with Gasteiger partial charge < -0.3 is 10.2 Å². The van der Waals surface area contributed by atoms with Crippen molar-refractivity contribution in [2.75, 3.05) is 24.5 Å². The summed E-state index contributed by atoms with van der Waals surface area (Å²) < 4.78 is 2.41. The van der Waals surface area contributed by atoms with E-state index in [1.807, 2.05) is 31.2 Å². The van der Waals surface area contributed by atoms with E-state index in [1.165, 1.54) is 34.4 Å². The zero-order valence-electron chi connectivity index (χ0n) is 16.2. The highest BCUT2D eigenvalue weighted by atomic mass is 32.1. The molecule has 1 aromatic heterocycles. The van der Waals surface area contributed by atoms with Gasteiger partial charge >= 0.3 is 0 Å². The second-order valence-corrected chi connectivity index (χ2v) is 7.63. The first-order chi connectivity index (χ1) is 13.6. The molecule has 1 saturated heterocycles. The van der Waals surface area contributed by atoms with E-state index in [1.54, 1.807) is 6.92 Å². The summed E-state index contributed by atoms with van der Waals surface area (Å²) in [6.07, 6.45) is 4.28. The molecule has 0 aliphatic carbocycles. The van der Waals surface area contributed by atoms with Crippen molar-refractivity contribution in [3.05, 3.63) is 49.4 Å². The van der Waals surface area contributed by atoms with Gasteiger partial charge in [-0.15, -0.1) is 11.3 Å². The fraction of sp³-hybridized carbons (Fsp3) is 0.381. The van der Waals surface area contributed by atoms with Gasteiger partial charge in [0.15, 0.2) is 5.57 Å². The summed E-state index contributed by atoms with van der Waals surface area (Å²) in [5.41, 5.74) is 1.93. The second-order valence-electron chi connectivity index (χ2n) is 6.60. The molecule has 28 heavy (non-hydrogen) atoms. The molecule has 0 unspecified atom stereocenters. The second kappa shape index (κ2) is 8.89. The molecular formula is C21H24N4O2S. The number of carbonyl (C=O) groups excluding carboxylic acids is 1. The van der Waals surface area contributed by atoms with Gasteiger partial charge in [-0.3, -0.25) is 14.2 Å². The molecule has 7 heteroatoms. The lowest BCUT2D eigenvalue weighted by Gasteiger charge is -2.17. The average Bonchev–Trinajstić information content (AvgIpc) is 3.33. The fourth-order valence-electron chi connectivity index (χ4n) is 3.35. The number of thiazole rings is 1. The minimum atomic E-state index is -0.449. The van der Waals surface area contributed by atoms with Crippen molar-refractivity contribution in [2.24, 2.45) is 0 Å². The Morgan fingerprint density at radius 3 is 2.50 bits per heavy atom. The number of amides is 1. The number of benzene rings is 1. The molecule has 146 valence electrons. The summed E-state index contributed by atoms with van der Waals surface area (Å²) in [4.78, 5) is 27.3. The van der Waals surface area contributed by atoms with E-state index in [4.69, 9.17) is 0 Å². The largest absolute Gasteiger partial charge is 0.372 e. The van der Waals surface area contributed by atoms with Crippen LogP contribution < -0.4 is 25.0 Å². The van der Waals surface area contributed by atoms with E-state index in [-0.39, 0.29) is 11.1 Å². The van der Waals surface area contributed by atoms with E-state index in [2.05, 4.69) is 22.3 Å². The van der Waals surface area contributed by atoms with Crippen molar-refractivity contribution in [1.82, 2.24) is 9.88 Å². The van der Waals surface area contributed by atoms with Crippen LogP contribution in [0.5, 0.6) is 0 Å². The van der Waals surface area contributed by atoms with Crippen molar-refractivity contribution in [1.29, 1.82) is 5.26 Å². The van der Waals surface area contributed by atoms with Crippen molar-refractivity contribution in [3.63, 3.8) is 0 Å². The molecule has 0 spiro atoms. The molecule has 2 aromatic rings. The van der Waals surface area contributed by atoms with Gasteiger partial charge in [0.25, 0.3) is 11.5 Å². The van der Waals surface area contributed by atoms with Crippen molar-refractivity contribution >= 4 is 34.6 Å². The van der Waals surface area contributed by atoms with Crippen LogP contribution in [0.25, 0.3) is 11.6 Å². The number of nitrogens with zero attached hydrogens (tertiary/aromatic N) is 3. The molecule has 0 bridgehead atoms. The van der Waals surface area contributed by atoms with Crippen LogP contribution in [-0.4, -0.2) is 30.1 Å². The average molecular weight is 397 g/mol. The first-order valence-electron chi connectivity index (χ1n) is 9.58. The molecule has 0 saturated carbocycles. The summed E-state index contributed by atoms with van der Waals surface area (Å²) in [6.45, 7) is 6.62. The third kappa shape index (κ3) is 4.02. The summed E-state index contributed by atoms with van der Waals surface area (Å²) in [5.74, 6) is -0.449. The summed E-state index contributed by atoms with van der Waals surface area (Å²) >= 11 is 1.19. The van der Waals surface area contributed by atoms with Crippen molar-refractivity contribution in [2.45, 2.75) is 33.2 Å². The van der Waals surface area contributed by atoms with Crippen LogP contribution in [0.1, 0.15) is 32.3 Å². The SMILES string of the molecule is CCNC(=O)/C(C#N)=c1\s/c(=C\c2ccc(N3CCCC3)cc2)c(=O)n1CC. The molecule has 6 nitrogen and oxygen atoms in total. The maximum absolute atomic E-state index is 12.8. The van der Waals surface area contributed by atoms with E-state index in [0.29, 0.717) is 22.3 Å². The highest BCUT2D eigenvalue weighted by Crippen LogP contribution is 2.20. The van der Waals surface area contributed by atoms with Gasteiger partial charge in [-0.05, 0) is 50.5 Å². The van der Waals surface area contributed by atoms with Gasteiger partial charge in [-0.1, -0.05) is 12.1 Å². The van der Waals surface area contributed by atoms with Crippen LogP contribution in [0.4, 0.5) is 5.69 Å². The monoisotopic (exact) mass is 396 g/mol. The standard InChI is InChI=1S/C21H24N4O2S/c1-3-23-19(26)17(14-22)21-25(4-2)20(27)18(28-21)13-15-7-9-16(10-8-15)24-11-5-6-12-24/h7-10,13H,3-6,11-12H2,1-2H3,(H,23,26)/b18-13-,21-17-. The lowest BCUT2D eigenvalue weighted by Crippen LogP contribution is -2.34. The number of carbonyl (C=O) groups is 1. The third-order valence-corrected chi connectivity index (χ3v) is 5.91. The Kier molecular flexibility index (Phi) is 6.32. The number of aromatic nitrogens is 1. The summed E-state index contributed by atoms with van der Waals surface area (Å²) in [5, 5.41) is 12.1.